The minimum atomic E-state index is -4.32. The Morgan fingerprint density at radius 1 is 1.75 bits per heavy atom. The molecule has 0 saturated heterocycles. The summed E-state index contributed by atoms with van der Waals surface area (Å²) >= 11 is 0. The van der Waals surface area contributed by atoms with Crippen molar-refractivity contribution in [3.63, 3.8) is 0 Å². The van der Waals surface area contributed by atoms with Gasteiger partial charge in [0.05, 0.1) is 0 Å². The van der Waals surface area contributed by atoms with Gasteiger partial charge < -0.3 is 14.3 Å². The summed E-state index contributed by atoms with van der Waals surface area (Å²) in [5.74, 6) is 0.167. The van der Waals surface area contributed by atoms with Crippen molar-refractivity contribution in [3.05, 3.63) is 0 Å². The van der Waals surface area contributed by atoms with Crippen molar-refractivity contribution < 1.29 is 23.3 Å². The van der Waals surface area contributed by atoms with Crippen molar-refractivity contribution in [3.8, 4) is 0 Å². The fourth-order valence-electron chi connectivity index (χ4n) is 1.39. The lowest BCUT2D eigenvalue weighted by Gasteiger charge is -2.23. The molecule has 0 aromatic rings. The first-order valence-electron chi connectivity index (χ1n) is 4.72. The van der Waals surface area contributed by atoms with E-state index in [0.717, 1.165) is 11.8 Å². The molecule has 1 unspecified atom stereocenters. The summed E-state index contributed by atoms with van der Waals surface area (Å²) in [7, 11) is 0.462. The van der Waals surface area contributed by atoms with Crippen molar-refractivity contribution in [2.45, 2.75) is 6.04 Å². The van der Waals surface area contributed by atoms with Crippen LogP contribution in [0.15, 0.2) is 0 Å². The lowest BCUT2D eigenvalue weighted by Crippen LogP contribution is -2.37. The molecule has 0 amide bonds. The maximum atomic E-state index is 11.2. The number of phosphoric acid groups is 1. The molecular formula is C7H17N4O4P. The van der Waals surface area contributed by atoms with Crippen LogP contribution in [0.3, 0.4) is 0 Å². The molecule has 0 aromatic carbocycles. The van der Waals surface area contributed by atoms with Gasteiger partial charge in [-0.1, -0.05) is 4.74 Å². The van der Waals surface area contributed by atoms with Gasteiger partial charge in [-0.15, -0.1) is 0 Å². The number of hydrogen-bond acceptors (Lipinski definition) is 7. The molecule has 3 N–H and O–H groups in total. The SMILES string of the molecule is COP(=O)([O-])O[N+]1=C(N)NC[C@H]1CN(C)C. The summed E-state index contributed by atoms with van der Waals surface area (Å²) in [5, 5.41) is 2.82. The molecule has 0 aliphatic carbocycles. The Hall–Kier alpha value is -0.820. The molecule has 8 nitrogen and oxygen atoms in total. The molecule has 0 radical (unpaired) electrons. The summed E-state index contributed by atoms with van der Waals surface area (Å²) in [6, 6.07) is -0.174. The van der Waals surface area contributed by atoms with Crippen molar-refractivity contribution >= 4 is 13.8 Å². The van der Waals surface area contributed by atoms with Crippen LogP contribution in [-0.4, -0.2) is 55.9 Å². The number of rotatable bonds is 5. The highest BCUT2D eigenvalue weighted by Gasteiger charge is 2.33. The normalized spacial score (nSPS) is 24.4. The second-order valence-electron chi connectivity index (χ2n) is 3.72. The highest BCUT2D eigenvalue weighted by atomic mass is 31.2. The second-order valence-corrected chi connectivity index (χ2v) is 5.14. The molecule has 1 aliphatic heterocycles. The highest BCUT2D eigenvalue weighted by Crippen LogP contribution is 2.37. The summed E-state index contributed by atoms with van der Waals surface area (Å²) in [6.45, 7) is 1.13. The Labute approximate surface area is 94.2 Å². The predicted molar refractivity (Wildman–Crippen MR) is 55.5 cm³/mol. The van der Waals surface area contributed by atoms with Crippen LogP contribution < -0.4 is 15.9 Å². The van der Waals surface area contributed by atoms with Gasteiger partial charge in [-0.3, -0.25) is 20.2 Å². The van der Waals surface area contributed by atoms with Gasteiger partial charge in [0, 0.05) is 13.7 Å². The van der Waals surface area contributed by atoms with Gasteiger partial charge in [0.15, 0.2) is 6.04 Å². The van der Waals surface area contributed by atoms with Gasteiger partial charge in [0.25, 0.3) is 0 Å². The molecule has 0 spiro atoms. The van der Waals surface area contributed by atoms with E-state index in [0.29, 0.717) is 13.1 Å². The third kappa shape index (κ3) is 3.34. The Balaban J connectivity index is 2.75. The van der Waals surface area contributed by atoms with Crippen LogP contribution in [0.5, 0.6) is 0 Å². The second kappa shape index (κ2) is 5.01. The van der Waals surface area contributed by atoms with Gasteiger partial charge in [-0.05, 0) is 14.1 Å². The van der Waals surface area contributed by atoms with Crippen LogP contribution in [-0.2, 0) is 13.7 Å². The lowest BCUT2D eigenvalue weighted by molar-refractivity contribution is -0.774. The number of phosphoric ester groups is 1. The molecule has 2 atom stereocenters. The van der Waals surface area contributed by atoms with Gasteiger partial charge in [0.1, 0.15) is 6.54 Å². The molecule has 1 aliphatic rings. The van der Waals surface area contributed by atoms with Crippen LogP contribution >= 0.6 is 7.82 Å². The Kier molecular flexibility index (Phi) is 4.15. The van der Waals surface area contributed by atoms with Crippen LogP contribution in [0.2, 0.25) is 0 Å². The molecule has 1 rings (SSSR count). The van der Waals surface area contributed by atoms with E-state index < -0.39 is 7.82 Å². The first-order chi connectivity index (χ1) is 7.35. The van der Waals surface area contributed by atoms with E-state index in [-0.39, 0.29) is 12.0 Å². The lowest BCUT2D eigenvalue weighted by atomic mass is 10.3. The zero-order chi connectivity index (χ0) is 12.3. The van der Waals surface area contributed by atoms with E-state index in [1.165, 1.54) is 0 Å². The Bertz CT molecular complexity index is 332. The van der Waals surface area contributed by atoms with Crippen LogP contribution in [0.25, 0.3) is 0 Å². The molecule has 0 aromatic heterocycles. The zero-order valence-corrected chi connectivity index (χ0v) is 10.4. The van der Waals surface area contributed by atoms with Crippen LogP contribution in [0.4, 0.5) is 0 Å². The smallest absolute Gasteiger partial charge is 0.381 e. The zero-order valence-electron chi connectivity index (χ0n) is 9.54. The molecule has 1 heterocycles. The summed E-state index contributed by atoms with van der Waals surface area (Å²) < 4.78 is 21.2. The largest absolute Gasteiger partial charge is 0.744 e. The maximum absolute atomic E-state index is 11.2. The third-order valence-corrected chi connectivity index (χ3v) is 2.90. The number of likely N-dealkylation sites (N-methyl/N-ethyl adjacent to an activating group) is 1. The fourth-order valence-corrected chi connectivity index (χ4v) is 1.90. The van der Waals surface area contributed by atoms with E-state index >= 15 is 0 Å². The maximum Gasteiger partial charge on any atom is 0.381 e. The molecule has 0 fully saturated rings. The average Bonchev–Trinajstić information content (AvgIpc) is 2.49. The Morgan fingerprint density at radius 3 is 2.88 bits per heavy atom. The Morgan fingerprint density at radius 2 is 2.38 bits per heavy atom. The van der Waals surface area contributed by atoms with E-state index in [2.05, 4.69) is 9.84 Å². The number of nitrogens with zero attached hydrogens (tertiary/aromatic N) is 2. The number of nitrogens with one attached hydrogen (secondary N) is 1. The van der Waals surface area contributed by atoms with E-state index in [4.69, 9.17) is 10.4 Å². The minimum absolute atomic E-state index is 0.167. The average molecular weight is 252 g/mol. The predicted octanol–water partition coefficient (Wildman–Crippen LogP) is -2.11. The van der Waals surface area contributed by atoms with Crippen molar-refractivity contribution in [2.24, 2.45) is 5.73 Å². The third-order valence-electron chi connectivity index (χ3n) is 2.08. The van der Waals surface area contributed by atoms with Crippen LogP contribution in [0, 0.1) is 0 Å². The summed E-state index contributed by atoms with van der Waals surface area (Å²) in [5.41, 5.74) is 5.58. The summed E-state index contributed by atoms with van der Waals surface area (Å²) in [4.78, 5) is 13.1. The van der Waals surface area contributed by atoms with Gasteiger partial charge in [0.2, 0.25) is 0 Å². The monoisotopic (exact) mass is 252 g/mol. The van der Waals surface area contributed by atoms with Crippen molar-refractivity contribution in [1.29, 1.82) is 0 Å². The highest BCUT2D eigenvalue weighted by molar-refractivity contribution is 7.45. The topological polar surface area (TPSA) is 103 Å². The van der Waals surface area contributed by atoms with Gasteiger partial charge in [-0.25, -0.2) is 0 Å². The van der Waals surface area contributed by atoms with E-state index in [9.17, 15) is 9.46 Å². The summed E-state index contributed by atoms with van der Waals surface area (Å²) in [6.07, 6.45) is 0. The standard InChI is InChI=1S/C7H17N4O4P/c1-10(2)5-6-4-9-7(8)11(6)15-16(12,13)14-3/h6H,4-5H2,1-3H3,(H3,8,9,12,13)/t6-/m0/s1. The van der Waals surface area contributed by atoms with E-state index in [1.807, 2.05) is 19.0 Å². The number of hydrogen-bond donors (Lipinski definition) is 2. The first kappa shape index (κ1) is 13.2. The molecule has 0 bridgehead atoms. The number of guanidine groups is 1. The molecule has 16 heavy (non-hydrogen) atoms. The van der Waals surface area contributed by atoms with Crippen molar-refractivity contribution in [1.82, 2.24) is 10.2 Å². The van der Waals surface area contributed by atoms with Crippen molar-refractivity contribution in [2.75, 3.05) is 34.3 Å². The van der Waals surface area contributed by atoms with E-state index in [1.54, 1.807) is 0 Å². The molecule has 94 valence electrons. The fraction of sp³-hybridized carbons (Fsp3) is 0.857. The number of nitrogens with two attached hydrogens (primary N) is 1. The minimum Gasteiger partial charge on any atom is -0.744 e. The molecule has 0 saturated carbocycles. The van der Waals surface area contributed by atoms with Crippen LogP contribution in [0.1, 0.15) is 0 Å². The quantitative estimate of drug-likeness (QED) is 0.426. The molecule has 9 heteroatoms. The number of hydroxylamine groups is 1. The molecular weight excluding hydrogens is 235 g/mol. The first-order valence-corrected chi connectivity index (χ1v) is 6.18. The van der Waals surface area contributed by atoms with Gasteiger partial charge in [-0.2, -0.15) is 0 Å². The van der Waals surface area contributed by atoms with Gasteiger partial charge >= 0.3 is 13.8 Å².